The summed E-state index contributed by atoms with van der Waals surface area (Å²) < 4.78 is 28.0. The molecule has 148 valence electrons. The van der Waals surface area contributed by atoms with Crippen LogP contribution >= 0.6 is 11.3 Å². The first kappa shape index (κ1) is 19.1. The molecule has 0 saturated heterocycles. The normalized spacial score (nSPS) is 16.8. The number of hydrogen-bond acceptors (Lipinski definition) is 5. The molecule has 2 heterocycles. The number of nitrogens with one attached hydrogen (secondary N) is 2. The van der Waals surface area contributed by atoms with E-state index >= 15 is 0 Å². The number of nitrogens with zero attached hydrogens (tertiary/aromatic N) is 1. The molecule has 0 spiro atoms. The highest BCUT2D eigenvalue weighted by molar-refractivity contribution is 7.90. The summed E-state index contributed by atoms with van der Waals surface area (Å²) in [5, 5.41) is 2.82. The molecule has 0 fully saturated rings. The van der Waals surface area contributed by atoms with Gasteiger partial charge in [0, 0.05) is 23.5 Å². The second kappa shape index (κ2) is 8.05. The average molecular weight is 418 g/mol. The summed E-state index contributed by atoms with van der Waals surface area (Å²) in [6.07, 6.45) is 6.84. The third kappa shape index (κ3) is 4.28. The van der Waals surface area contributed by atoms with E-state index in [1.165, 1.54) is 33.9 Å². The molecule has 0 unspecified atom stereocenters. The fourth-order valence-corrected chi connectivity index (χ4v) is 5.83. The van der Waals surface area contributed by atoms with E-state index in [0.29, 0.717) is 29.4 Å². The van der Waals surface area contributed by atoms with Crippen LogP contribution < -0.4 is 10.0 Å². The maximum atomic E-state index is 12.7. The highest BCUT2D eigenvalue weighted by atomic mass is 32.2. The monoisotopic (exact) mass is 417 g/mol. The van der Waals surface area contributed by atoms with Gasteiger partial charge in [0.2, 0.25) is 0 Å². The number of aliphatic imine (C=N–C) groups is 1. The summed E-state index contributed by atoms with van der Waals surface area (Å²) in [4.78, 5) is 19.0. The molecule has 1 amide bonds. The zero-order valence-electron chi connectivity index (χ0n) is 15.5. The van der Waals surface area contributed by atoms with Crippen LogP contribution in [0.2, 0.25) is 0 Å². The molecule has 2 aromatic rings. The molecule has 28 heavy (non-hydrogen) atoms. The Morgan fingerprint density at radius 1 is 1.04 bits per heavy atom. The number of hydrogen-bond donors (Lipinski definition) is 2. The lowest BCUT2D eigenvalue weighted by Gasteiger charge is -2.11. The minimum absolute atomic E-state index is 0.117. The van der Waals surface area contributed by atoms with Crippen molar-refractivity contribution in [3.05, 3.63) is 45.6 Å². The SMILES string of the molecule is O=C(Nc1cccc(S(=O)(=O)NC2=NCCCCC2)c1)c1cc2c(s1)CCC2. The van der Waals surface area contributed by atoms with Gasteiger partial charge in [-0.05, 0) is 61.9 Å². The van der Waals surface area contributed by atoms with E-state index < -0.39 is 10.0 Å². The Bertz CT molecular complexity index is 1000. The number of carbonyl (C=O) groups is 1. The Labute approximate surface area is 169 Å². The predicted octanol–water partition coefficient (Wildman–Crippen LogP) is 3.74. The zero-order valence-corrected chi connectivity index (χ0v) is 17.2. The van der Waals surface area contributed by atoms with E-state index in [0.717, 1.165) is 38.5 Å². The van der Waals surface area contributed by atoms with Crippen molar-refractivity contribution in [2.45, 2.75) is 49.8 Å². The standard InChI is InChI=1S/C20H23N3O3S2/c24-20(18-12-14-6-4-9-17(14)27-18)22-15-7-5-8-16(13-15)28(25,26)23-19-10-2-1-3-11-21-19/h5,7-8,12-13H,1-4,6,9-11H2,(H,21,23)(H,22,24). The lowest BCUT2D eigenvalue weighted by atomic mass is 10.2. The molecule has 1 aromatic carbocycles. The number of anilines is 1. The molecule has 1 aromatic heterocycles. The van der Waals surface area contributed by atoms with E-state index in [9.17, 15) is 13.2 Å². The topological polar surface area (TPSA) is 87.6 Å². The molecule has 0 bridgehead atoms. The van der Waals surface area contributed by atoms with Crippen LogP contribution in [0.3, 0.4) is 0 Å². The fraction of sp³-hybridized carbons (Fsp3) is 0.400. The van der Waals surface area contributed by atoms with Gasteiger partial charge in [-0.2, -0.15) is 0 Å². The summed E-state index contributed by atoms with van der Waals surface area (Å²) in [5.41, 5.74) is 1.73. The molecule has 6 nitrogen and oxygen atoms in total. The molecular weight excluding hydrogens is 394 g/mol. The fourth-order valence-electron chi connectivity index (χ4n) is 3.55. The van der Waals surface area contributed by atoms with Gasteiger partial charge in [0.15, 0.2) is 0 Å². The zero-order chi connectivity index (χ0) is 19.6. The van der Waals surface area contributed by atoms with Crippen molar-refractivity contribution in [2.75, 3.05) is 11.9 Å². The molecule has 2 aliphatic rings. The van der Waals surface area contributed by atoms with Crippen molar-refractivity contribution in [3.63, 3.8) is 0 Å². The van der Waals surface area contributed by atoms with Crippen LogP contribution in [0.15, 0.2) is 40.2 Å². The van der Waals surface area contributed by atoms with Gasteiger partial charge >= 0.3 is 0 Å². The van der Waals surface area contributed by atoms with Crippen LogP contribution in [0, 0.1) is 0 Å². The average Bonchev–Trinajstić information content (AvgIpc) is 3.18. The molecular formula is C20H23N3O3S2. The number of aryl methyl sites for hydroxylation is 2. The van der Waals surface area contributed by atoms with Gasteiger partial charge in [-0.1, -0.05) is 12.5 Å². The Balaban J connectivity index is 1.48. The Morgan fingerprint density at radius 3 is 2.79 bits per heavy atom. The predicted molar refractivity (Wildman–Crippen MR) is 112 cm³/mol. The second-order valence-electron chi connectivity index (χ2n) is 7.14. The van der Waals surface area contributed by atoms with Crippen LogP contribution in [-0.2, 0) is 22.9 Å². The molecule has 1 aliphatic carbocycles. The van der Waals surface area contributed by atoms with Crippen molar-refractivity contribution in [2.24, 2.45) is 4.99 Å². The number of sulfonamides is 1. The van der Waals surface area contributed by atoms with E-state index in [1.54, 1.807) is 12.1 Å². The van der Waals surface area contributed by atoms with Crippen LogP contribution in [0.4, 0.5) is 5.69 Å². The van der Waals surface area contributed by atoms with Crippen LogP contribution in [0.25, 0.3) is 0 Å². The largest absolute Gasteiger partial charge is 0.321 e. The molecule has 0 radical (unpaired) electrons. The minimum Gasteiger partial charge on any atom is -0.321 e. The van der Waals surface area contributed by atoms with Crippen LogP contribution in [0.1, 0.15) is 52.2 Å². The summed E-state index contributed by atoms with van der Waals surface area (Å²) in [6.45, 7) is 0.652. The lowest BCUT2D eigenvalue weighted by Crippen LogP contribution is -2.30. The van der Waals surface area contributed by atoms with Crippen molar-refractivity contribution >= 4 is 38.8 Å². The number of fused-ring (bicyclic) bond motifs is 1. The lowest BCUT2D eigenvalue weighted by molar-refractivity contribution is 0.103. The van der Waals surface area contributed by atoms with E-state index in [-0.39, 0.29) is 10.8 Å². The molecule has 8 heteroatoms. The first-order valence-electron chi connectivity index (χ1n) is 9.60. The van der Waals surface area contributed by atoms with Gasteiger partial charge in [-0.25, -0.2) is 8.42 Å². The summed E-state index contributed by atoms with van der Waals surface area (Å²) >= 11 is 1.53. The van der Waals surface area contributed by atoms with Gasteiger partial charge in [-0.3, -0.25) is 14.5 Å². The van der Waals surface area contributed by atoms with Crippen molar-refractivity contribution in [3.8, 4) is 0 Å². The minimum atomic E-state index is -3.73. The molecule has 0 atom stereocenters. The summed E-state index contributed by atoms with van der Waals surface area (Å²) in [7, 11) is -3.73. The number of benzene rings is 1. The third-order valence-electron chi connectivity index (χ3n) is 5.00. The van der Waals surface area contributed by atoms with E-state index in [1.807, 2.05) is 6.07 Å². The van der Waals surface area contributed by atoms with Crippen molar-refractivity contribution in [1.82, 2.24) is 4.72 Å². The van der Waals surface area contributed by atoms with Crippen molar-refractivity contribution < 1.29 is 13.2 Å². The van der Waals surface area contributed by atoms with Gasteiger partial charge < -0.3 is 5.32 Å². The molecule has 1 aliphatic heterocycles. The Hall–Kier alpha value is -2.19. The van der Waals surface area contributed by atoms with E-state index in [4.69, 9.17) is 0 Å². The van der Waals surface area contributed by atoms with E-state index in [2.05, 4.69) is 15.0 Å². The quantitative estimate of drug-likeness (QED) is 0.794. The first-order chi connectivity index (χ1) is 13.5. The summed E-state index contributed by atoms with van der Waals surface area (Å²) in [6, 6.07) is 8.29. The number of amidine groups is 1. The van der Waals surface area contributed by atoms with Gasteiger partial charge in [0.25, 0.3) is 15.9 Å². The highest BCUT2D eigenvalue weighted by Gasteiger charge is 2.20. The van der Waals surface area contributed by atoms with Crippen LogP contribution in [-0.4, -0.2) is 26.7 Å². The number of thiophene rings is 1. The third-order valence-corrected chi connectivity index (χ3v) is 7.61. The maximum absolute atomic E-state index is 12.7. The molecule has 2 N–H and O–H groups in total. The number of rotatable bonds is 4. The second-order valence-corrected chi connectivity index (χ2v) is 9.96. The van der Waals surface area contributed by atoms with Gasteiger partial charge in [-0.15, -0.1) is 11.3 Å². The summed E-state index contributed by atoms with van der Waals surface area (Å²) in [5.74, 6) is 0.315. The first-order valence-corrected chi connectivity index (χ1v) is 11.9. The van der Waals surface area contributed by atoms with Gasteiger partial charge in [0.1, 0.15) is 5.84 Å². The Kier molecular flexibility index (Phi) is 5.50. The number of carbonyl (C=O) groups excluding carboxylic acids is 1. The maximum Gasteiger partial charge on any atom is 0.265 e. The molecule has 0 saturated carbocycles. The highest BCUT2D eigenvalue weighted by Crippen LogP contribution is 2.31. The smallest absolute Gasteiger partial charge is 0.265 e. The van der Waals surface area contributed by atoms with Crippen molar-refractivity contribution in [1.29, 1.82) is 0 Å². The van der Waals surface area contributed by atoms with Gasteiger partial charge in [0.05, 0.1) is 9.77 Å². The molecule has 4 rings (SSSR count). The number of amides is 1. The van der Waals surface area contributed by atoms with Crippen LogP contribution in [0.5, 0.6) is 0 Å². The Morgan fingerprint density at radius 2 is 1.93 bits per heavy atom.